The Labute approximate surface area is 183 Å². The molecule has 0 radical (unpaired) electrons. The minimum Gasteiger partial charge on any atom is -0.495 e. The van der Waals surface area contributed by atoms with Gasteiger partial charge in [-0.1, -0.05) is 30.1 Å². The first kappa shape index (κ1) is 21.5. The average molecular weight is 453 g/mol. The molecule has 3 rings (SSSR count). The molecule has 0 spiro atoms. The molecule has 0 amide bonds. The van der Waals surface area contributed by atoms with Crippen LogP contribution in [0.15, 0.2) is 18.3 Å². The first-order valence-electron chi connectivity index (χ1n) is 8.79. The van der Waals surface area contributed by atoms with Gasteiger partial charge in [-0.2, -0.15) is 11.8 Å². The fraction of sp³-hybridized carbons (Fsp3) is 0.316. The molecule has 2 N–H and O–H groups in total. The Kier molecular flexibility index (Phi) is 7.10. The minimum absolute atomic E-state index is 0.158. The fourth-order valence-electron chi connectivity index (χ4n) is 2.75. The molecule has 154 valence electrons. The van der Waals surface area contributed by atoms with Crippen molar-refractivity contribution >= 4 is 57.6 Å². The number of ether oxygens (including phenoxy) is 2. The van der Waals surface area contributed by atoms with Gasteiger partial charge in [-0.3, -0.25) is 0 Å². The molecular formula is C19H20Cl2N5O2S-. The summed E-state index contributed by atoms with van der Waals surface area (Å²) < 4.78 is 10.7. The zero-order chi connectivity index (χ0) is 21.0. The maximum absolute atomic E-state index is 6.56. The summed E-state index contributed by atoms with van der Waals surface area (Å²) in [5.74, 6) is 3.36. The molecule has 0 aliphatic heterocycles. The van der Waals surface area contributed by atoms with Crippen molar-refractivity contribution in [3.8, 4) is 22.8 Å². The third-order valence-electron chi connectivity index (χ3n) is 4.10. The van der Waals surface area contributed by atoms with E-state index >= 15 is 0 Å². The molecule has 2 heterocycles. The van der Waals surface area contributed by atoms with Gasteiger partial charge < -0.3 is 25.5 Å². The Hall–Kier alpha value is -2.16. The number of hydrogen-bond acceptors (Lipinski definition) is 7. The van der Waals surface area contributed by atoms with Crippen LogP contribution in [0.2, 0.25) is 10.0 Å². The van der Waals surface area contributed by atoms with Crippen molar-refractivity contribution in [2.24, 2.45) is 0 Å². The number of pyridine rings is 1. The number of hydrogen-bond donors (Lipinski definition) is 1. The van der Waals surface area contributed by atoms with Crippen LogP contribution in [-0.4, -0.2) is 47.2 Å². The van der Waals surface area contributed by atoms with E-state index in [0.29, 0.717) is 50.7 Å². The quantitative estimate of drug-likeness (QED) is 0.459. The van der Waals surface area contributed by atoms with Crippen LogP contribution in [0, 0.1) is 0 Å². The third-order valence-corrected chi connectivity index (χ3v) is 5.73. The molecule has 0 saturated heterocycles. The number of anilines is 1. The van der Waals surface area contributed by atoms with Gasteiger partial charge in [0, 0.05) is 23.2 Å². The molecule has 0 bridgehead atoms. The lowest BCUT2D eigenvalue weighted by atomic mass is 10.1. The van der Waals surface area contributed by atoms with Gasteiger partial charge in [-0.25, -0.2) is 9.97 Å². The maximum atomic E-state index is 6.56. The second-order valence-corrected chi connectivity index (χ2v) is 8.01. The summed E-state index contributed by atoms with van der Waals surface area (Å²) in [6.45, 7) is 2.70. The van der Waals surface area contributed by atoms with E-state index in [1.54, 1.807) is 30.1 Å². The van der Waals surface area contributed by atoms with E-state index < -0.39 is 0 Å². The number of halogens is 2. The summed E-state index contributed by atoms with van der Waals surface area (Å²) >= 11 is 14.9. The van der Waals surface area contributed by atoms with Crippen molar-refractivity contribution in [1.29, 1.82) is 0 Å². The topological polar surface area (TPSA) is 97.2 Å². The number of nitrogens with two attached hydrogens (primary N) is 1. The summed E-state index contributed by atoms with van der Waals surface area (Å²) in [5.41, 5.74) is 7.35. The monoisotopic (exact) mass is 452 g/mol. The van der Waals surface area contributed by atoms with Crippen molar-refractivity contribution < 1.29 is 9.47 Å². The molecule has 0 atom stereocenters. The summed E-state index contributed by atoms with van der Waals surface area (Å²) in [6, 6.07) is 3.42. The molecule has 10 heteroatoms. The van der Waals surface area contributed by atoms with Crippen molar-refractivity contribution in [3.05, 3.63) is 33.7 Å². The molecule has 0 saturated carbocycles. The zero-order valence-corrected chi connectivity index (χ0v) is 18.5. The van der Waals surface area contributed by atoms with Crippen molar-refractivity contribution in [2.45, 2.75) is 6.92 Å². The molecule has 29 heavy (non-hydrogen) atoms. The normalized spacial score (nSPS) is 10.9. The number of benzene rings is 1. The summed E-state index contributed by atoms with van der Waals surface area (Å²) in [7, 11) is 3.05. The van der Waals surface area contributed by atoms with Gasteiger partial charge in [0.2, 0.25) is 5.95 Å². The number of aromatic nitrogens is 3. The highest BCUT2D eigenvalue weighted by molar-refractivity contribution is 7.99. The SMILES string of the molecule is CCSCC[N-]c1nc(-c2c(Cl)c(OC)cc(OC)c2Cl)cc2cnc(N)nc12. The van der Waals surface area contributed by atoms with Crippen LogP contribution in [0.1, 0.15) is 6.92 Å². The Morgan fingerprint density at radius 3 is 2.41 bits per heavy atom. The number of thioether (sulfide) groups is 1. The van der Waals surface area contributed by atoms with Crippen LogP contribution < -0.4 is 15.2 Å². The van der Waals surface area contributed by atoms with Crippen LogP contribution in [0.4, 0.5) is 11.8 Å². The largest absolute Gasteiger partial charge is 0.495 e. The molecular weight excluding hydrogens is 433 g/mol. The van der Waals surface area contributed by atoms with Gasteiger partial charge in [0.1, 0.15) is 11.5 Å². The molecule has 7 nitrogen and oxygen atoms in total. The second-order valence-electron chi connectivity index (χ2n) is 5.86. The highest BCUT2D eigenvalue weighted by atomic mass is 35.5. The Morgan fingerprint density at radius 2 is 1.79 bits per heavy atom. The summed E-state index contributed by atoms with van der Waals surface area (Å²) in [5, 5.41) is 6.00. The Morgan fingerprint density at radius 1 is 1.10 bits per heavy atom. The first-order valence-corrected chi connectivity index (χ1v) is 10.7. The van der Waals surface area contributed by atoms with Gasteiger partial charge >= 0.3 is 0 Å². The Bertz CT molecular complexity index is 1010. The molecule has 2 aromatic heterocycles. The lowest BCUT2D eigenvalue weighted by Gasteiger charge is -2.22. The summed E-state index contributed by atoms with van der Waals surface area (Å²) in [4.78, 5) is 13.1. The van der Waals surface area contributed by atoms with Crippen LogP contribution in [0.5, 0.6) is 11.5 Å². The van der Waals surface area contributed by atoms with Gasteiger partial charge in [-0.05, 0) is 35.6 Å². The number of nitrogen functional groups attached to an aromatic ring is 1. The first-order chi connectivity index (χ1) is 14.0. The van der Waals surface area contributed by atoms with E-state index in [1.165, 1.54) is 14.2 Å². The molecule has 0 unspecified atom stereocenters. The third kappa shape index (κ3) is 4.55. The number of fused-ring (bicyclic) bond motifs is 1. The van der Waals surface area contributed by atoms with Gasteiger partial charge in [-0.15, -0.1) is 0 Å². The minimum atomic E-state index is 0.158. The second kappa shape index (κ2) is 9.56. The molecule has 1 aromatic carbocycles. The highest BCUT2D eigenvalue weighted by Crippen LogP contribution is 2.46. The predicted octanol–water partition coefficient (Wildman–Crippen LogP) is 5.36. The van der Waals surface area contributed by atoms with E-state index in [0.717, 1.165) is 16.9 Å². The van der Waals surface area contributed by atoms with E-state index in [4.69, 9.17) is 38.4 Å². The molecule has 0 fully saturated rings. The van der Waals surface area contributed by atoms with E-state index in [-0.39, 0.29) is 5.95 Å². The molecule has 0 aliphatic carbocycles. The Balaban J connectivity index is 2.19. The number of methoxy groups -OCH3 is 2. The fourth-order valence-corrected chi connectivity index (χ4v) is 3.95. The highest BCUT2D eigenvalue weighted by Gasteiger charge is 2.18. The van der Waals surface area contributed by atoms with Crippen LogP contribution in [0.25, 0.3) is 27.5 Å². The van der Waals surface area contributed by atoms with Crippen LogP contribution in [-0.2, 0) is 0 Å². The average Bonchev–Trinajstić information content (AvgIpc) is 2.72. The van der Waals surface area contributed by atoms with Crippen molar-refractivity contribution in [2.75, 3.05) is 38.0 Å². The number of rotatable bonds is 8. The standard InChI is InChI=1S/C19H20Cl2N5O2S/c1-4-29-6-5-23-18-17-10(9-24-19(22)26-17)7-11(25-18)14-15(20)12(27-2)8-13(28-3)16(14)21/h7-9H,4-6H2,1-3H3,(H2-,22,23,24,25,26)/q-1. The molecule has 0 aliphatic rings. The van der Waals surface area contributed by atoms with Gasteiger partial charge in [0.15, 0.2) is 0 Å². The van der Waals surface area contributed by atoms with E-state index in [9.17, 15) is 0 Å². The predicted molar refractivity (Wildman–Crippen MR) is 121 cm³/mol. The van der Waals surface area contributed by atoms with Crippen LogP contribution in [0.3, 0.4) is 0 Å². The lowest BCUT2D eigenvalue weighted by molar-refractivity contribution is 0.395. The van der Waals surface area contributed by atoms with Crippen molar-refractivity contribution in [3.63, 3.8) is 0 Å². The molecule has 3 aromatic rings. The zero-order valence-electron chi connectivity index (χ0n) is 16.2. The van der Waals surface area contributed by atoms with Gasteiger partial charge in [0.25, 0.3) is 0 Å². The maximum Gasteiger partial charge on any atom is 0.220 e. The van der Waals surface area contributed by atoms with Crippen LogP contribution >= 0.6 is 35.0 Å². The smallest absolute Gasteiger partial charge is 0.220 e. The van der Waals surface area contributed by atoms with E-state index in [2.05, 4.69) is 27.2 Å². The van der Waals surface area contributed by atoms with Gasteiger partial charge in [0.05, 0.1) is 29.8 Å². The van der Waals surface area contributed by atoms with Crippen molar-refractivity contribution in [1.82, 2.24) is 15.0 Å². The van der Waals surface area contributed by atoms with E-state index in [1.807, 2.05) is 0 Å². The number of nitrogens with zero attached hydrogens (tertiary/aromatic N) is 4. The lowest BCUT2D eigenvalue weighted by Crippen LogP contribution is -1.99. The summed E-state index contributed by atoms with van der Waals surface area (Å²) in [6.07, 6.45) is 1.63.